The second-order valence-corrected chi connectivity index (χ2v) is 9.64. The minimum atomic E-state index is -0.656. The van der Waals surface area contributed by atoms with Crippen LogP contribution in [0.2, 0.25) is 0 Å². The van der Waals surface area contributed by atoms with Gasteiger partial charge in [-0.25, -0.2) is 28.5 Å². The summed E-state index contributed by atoms with van der Waals surface area (Å²) in [6.45, 7) is 3.81. The first-order chi connectivity index (χ1) is 17.9. The summed E-state index contributed by atoms with van der Waals surface area (Å²) in [6, 6.07) is 10.9. The number of carbonyl (C=O) groups is 1. The van der Waals surface area contributed by atoms with Gasteiger partial charge in [0.15, 0.2) is 5.13 Å². The molecule has 0 radical (unpaired) electrons. The molecular formula is C25H26F2N8OS. The number of thiazole rings is 1. The zero-order valence-corrected chi connectivity index (χ0v) is 21.2. The molecule has 4 heterocycles. The highest BCUT2D eigenvalue weighted by atomic mass is 32.1. The molecule has 0 aliphatic carbocycles. The van der Waals surface area contributed by atoms with Gasteiger partial charge in [-0.2, -0.15) is 0 Å². The topological polar surface area (TPSA) is 89.5 Å². The van der Waals surface area contributed by atoms with Crippen LogP contribution >= 0.6 is 11.3 Å². The third-order valence-corrected chi connectivity index (χ3v) is 7.08. The van der Waals surface area contributed by atoms with Gasteiger partial charge in [0.2, 0.25) is 0 Å². The van der Waals surface area contributed by atoms with Gasteiger partial charge in [0.25, 0.3) is 0 Å². The Bertz CT molecular complexity index is 1410. The van der Waals surface area contributed by atoms with E-state index in [9.17, 15) is 13.6 Å². The molecule has 0 bridgehead atoms. The third kappa shape index (κ3) is 5.59. The second-order valence-electron chi connectivity index (χ2n) is 8.66. The van der Waals surface area contributed by atoms with Crippen molar-refractivity contribution >= 4 is 50.2 Å². The van der Waals surface area contributed by atoms with Crippen LogP contribution in [0, 0.1) is 11.6 Å². The number of anilines is 4. The van der Waals surface area contributed by atoms with Gasteiger partial charge >= 0.3 is 6.03 Å². The maximum absolute atomic E-state index is 14.2. The maximum atomic E-state index is 14.2. The Morgan fingerprint density at radius 3 is 2.59 bits per heavy atom. The number of benzene rings is 1. The highest BCUT2D eigenvalue weighted by Gasteiger charge is 2.20. The van der Waals surface area contributed by atoms with Gasteiger partial charge in [-0.15, -0.1) is 0 Å². The Morgan fingerprint density at radius 1 is 1.08 bits per heavy atom. The highest BCUT2D eigenvalue weighted by molar-refractivity contribution is 7.21. The number of hydrogen-bond donors (Lipinski definition) is 2. The monoisotopic (exact) mass is 524 g/mol. The molecule has 3 aromatic heterocycles. The lowest BCUT2D eigenvalue weighted by Gasteiger charge is -2.34. The van der Waals surface area contributed by atoms with Gasteiger partial charge in [-0.05, 0) is 35.9 Å². The van der Waals surface area contributed by atoms with Gasteiger partial charge < -0.3 is 20.4 Å². The lowest BCUT2D eigenvalue weighted by atomic mass is 10.2. The maximum Gasteiger partial charge on any atom is 0.317 e. The molecule has 0 saturated carbocycles. The summed E-state index contributed by atoms with van der Waals surface area (Å²) in [7, 11) is 3.33. The van der Waals surface area contributed by atoms with E-state index in [1.807, 2.05) is 29.3 Å². The molecule has 2 amide bonds. The number of amides is 2. The van der Waals surface area contributed by atoms with Gasteiger partial charge in [-0.1, -0.05) is 17.4 Å². The number of fused-ring (bicyclic) bond motifs is 1. The summed E-state index contributed by atoms with van der Waals surface area (Å²) in [5.74, 6) is -0.0971. The number of nitrogens with one attached hydrogen (secondary N) is 2. The Labute approximate surface area is 216 Å². The van der Waals surface area contributed by atoms with Crippen LogP contribution in [-0.2, 0) is 6.54 Å². The summed E-state index contributed by atoms with van der Waals surface area (Å²) >= 11 is 1.36. The molecule has 5 rings (SSSR count). The molecule has 1 fully saturated rings. The largest absolute Gasteiger partial charge is 0.341 e. The molecule has 4 aromatic rings. The van der Waals surface area contributed by atoms with Gasteiger partial charge in [-0.3, -0.25) is 4.90 Å². The number of hydrogen-bond acceptors (Lipinski definition) is 8. The van der Waals surface area contributed by atoms with Gasteiger partial charge in [0, 0.05) is 59.1 Å². The quantitative estimate of drug-likeness (QED) is 0.388. The van der Waals surface area contributed by atoms with Crippen molar-refractivity contribution in [1.29, 1.82) is 0 Å². The minimum Gasteiger partial charge on any atom is -0.341 e. The molecule has 0 spiro atoms. The average molecular weight is 525 g/mol. The molecule has 37 heavy (non-hydrogen) atoms. The van der Waals surface area contributed by atoms with Crippen LogP contribution in [0.15, 0.2) is 48.7 Å². The summed E-state index contributed by atoms with van der Waals surface area (Å²) in [5, 5.41) is 6.53. The molecule has 9 nitrogen and oxygen atoms in total. The minimum absolute atomic E-state index is 0.0354. The van der Waals surface area contributed by atoms with Gasteiger partial charge in [0.05, 0.1) is 5.69 Å². The van der Waals surface area contributed by atoms with Crippen molar-refractivity contribution in [2.45, 2.75) is 6.54 Å². The van der Waals surface area contributed by atoms with E-state index in [2.05, 4.69) is 30.5 Å². The van der Waals surface area contributed by atoms with Crippen molar-refractivity contribution in [3.05, 3.63) is 65.9 Å². The summed E-state index contributed by atoms with van der Waals surface area (Å²) in [5.41, 5.74) is 2.02. The predicted molar refractivity (Wildman–Crippen MR) is 141 cm³/mol. The number of halogens is 2. The summed E-state index contributed by atoms with van der Waals surface area (Å²) in [6.07, 6.45) is 1.84. The number of nitrogens with zero attached hydrogens (tertiary/aromatic N) is 6. The van der Waals surface area contributed by atoms with Crippen LogP contribution in [0.5, 0.6) is 0 Å². The normalized spacial score (nSPS) is 14.1. The van der Waals surface area contributed by atoms with E-state index in [4.69, 9.17) is 0 Å². The van der Waals surface area contributed by atoms with Crippen LogP contribution in [0.1, 0.15) is 5.56 Å². The summed E-state index contributed by atoms with van der Waals surface area (Å²) in [4.78, 5) is 31.8. The molecule has 1 aliphatic heterocycles. The molecule has 1 saturated heterocycles. The van der Waals surface area contributed by atoms with Crippen LogP contribution in [0.25, 0.3) is 10.3 Å². The van der Waals surface area contributed by atoms with E-state index in [0.29, 0.717) is 40.2 Å². The predicted octanol–water partition coefficient (Wildman–Crippen LogP) is 4.33. The zero-order valence-electron chi connectivity index (χ0n) is 20.4. The number of piperazine rings is 1. The fourth-order valence-electron chi connectivity index (χ4n) is 4.15. The number of aromatic nitrogens is 3. The van der Waals surface area contributed by atoms with Crippen LogP contribution in [0.3, 0.4) is 0 Å². The first kappa shape index (κ1) is 24.8. The molecule has 0 unspecified atom stereocenters. The Kier molecular flexibility index (Phi) is 7.10. The Balaban J connectivity index is 1.22. The SMILES string of the molecule is CNC(=O)N1CCN(Cc2ccc(Nc3nc4ccc(N(C)c5ccc(F)cc5F)nc4s3)nc2)CC1. The van der Waals surface area contributed by atoms with Crippen LogP contribution in [-0.4, -0.2) is 71.1 Å². The molecule has 0 atom stereocenters. The average Bonchev–Trinajstić information content (AvgIpc) is 3.31. The number of rotatable bonds is 6. The van der Waals surface area contributed by atoms with Crippen molar-refractivity contribution in [2.24, 2.45) is 0 Å². The fraction of sp³-hybridized carbons (Fsp3) is 0.280. The van der Waals surface area contributed by atoms with E-state index in [1.165, 1.54) is 23.5 Å². The highest BCUT2D eigenvalue weighted by Crippen LogP contribution is 2.31. The Hall–Kier alpha value is -3.90. The van der Waals surface area contributed by atoms with Crippen molar-refractivity contribution in [3.63, 3.8) is 0 Å². The van der Waals surface area contributed by atoms with Crippen LogP contribution in [0.4, 0.5) is 36.0 Å². The smallest absolute Gasteiger partial charge is 0.317 e. The number of urea groups is 1. The van der Waals surface area contributed by atoms with E-state index in [0.717, 1.165) is 31.3 Å². The molecule has 1 aliphatic rings. The van der Waals surface area contributed by atoms with Crippen molar-refractivity contribution in [3.8, 4) is 0 Å². The van der Waals surface area contributed by atoms with Crippen LogP contribution < -0.4 is 15.5 Å². The van der Waals surface area contributed by atoms with E-state index in [1.54, 1.807) is 25.1 Å². The van der Waals surface area contributed by atoms with Crippen molar-refractivity contribution in [2.75, 3.05) is 50.5 Å². The molecule has 1 aromatic carbocycles. The second kappa shape index (κ2) is 10.6. The molecule has 2 N–H and O–H groups in total. The number of pyridine rings is 2. The Morgan fingerprint density at radius 2 is 1.89 bits per heavy atom. The van der Waals surface area contributed by atoms with Gasteiger partial charge in [0.1, 0.15) is 33.6 Å². The third-order valence-electron chi connectivity index (χ3n) is 6.19. The fourth-order valence-corrected chi connectivity index (χ4v) is 4.99. The standard InChI is InChI=1S/C25H26F2N8OS/c1-28-25(36)35-11-9-34(10-12-35)15-16-3-7-21(29-14-16)31-24-30-19-5-8-22(32-23(19)37-24)33(2)20-6-4-17(26)13-18(20)27/h3-8,13-14H,9-12,15H2,1-2H3,(H,28,36)(H,29,30,31). The van der Waals surface area contributed by atoms with Crippen molar-refractivity contribution in [1.82, 2.24) is 30.1 Å². The lowest BCUT2D eigenvalue weighted by Crippen LogP contribution is -2.50. The lowest BCUT2D eigenvalue weighted by molar-refractivity contribution is 0.136. The zero-order chi connectivity index (χ0) is 25.9. The van der Waals surface area contributed by atoms with E-state index >= 15 is 0 Å². The summed E-state index contributed by atoms with van der Waals surface area (Å²) < 4.78 is 27.5. The van der Waals surface area contributed by atoms with E-state index < -0.39 is 11.6 Å². The van der Waals surface area contributed by atoms with Crippen molar-refractivity contribution < 1.29 is 13.6 Å². The molecule has 12 heteroatoms. The first-order valence-electron chi connectivity index (χ1n) is 11.8. The molecule has 192 valence electrons. The van der Waals surface area contributed by atoms with E-state index in [-0.39, 0.29) is 11.7 Å². The molecular weight excluding hydrogens is 498 g/mol. The first-order valence-corrected chi connectivity index (χ1v) is 12.6. The number of carbonyl (C=O) groups excluding carboxylic acids is 1.